The average Bonchev–Trinajstić information content (AvgIpc) is 3.15. The van der Waals surface area contributed by atoms with Crippen LogP contribution in [0.1, 0.15) is 18.9 Å². The van der Waals surface area contributed by atoms with Crippen molar-refractivity contribution in [2.75, 3.05) is 7.05 Å². The van der Waals surface area contributed by atoms with Crippen molar-refractivity contribution in [2.24, 2.45) is 11.8 Å². The van der Waals surface area contributed by atoms with Crippen molar-refractivity contribution < 1.29 is 4.79 Å². The summed E-state index contributed by atoms with van der Waals surface area (Å²) in [5, 5.41) is 2.48. The molecule has 0 aromatic heterocycles. The molecule has 1 aliphatic carbocycles. The van der Waals surface area contributed by atoms with Gasteiger partial charge < -0.3 is 4.90 Å². The molecule has 1 fully saturated rings. The topological polar surface area (TPSA) is 20.3 Å². The third-order valence-corrected chi connectivity index (χ3v) is 4.09. The number of nitrogens with zero attached hydrogens (tertiary/aromatic N) is 1. The molecule has 0 N–H and O–H groups in total. The van der Waals surface area contributed by atoms with E-state index < -0.39 is 0 Å². The van der Waals surface area contributed by atoms with Crippen LogP contribution in [0.25, 0.3) is 10.8 Å². The highest BCUT2D eigenvalue weighted by Gasteiger charge is 2.40. The van der Waals surface area contributed by atoms with E-state index in [1.165, 1.54) is 16.3 Å². The predicted octanol–water partition coefficient (Wildman–Crippen LogP) is 3.45. The number of benzene rings is 2. The minimum atomic E-state index is 0.264. The van der Waals surface area contributed by atoms with Gasteiger partial charge >= 0.3 is 0 Å². The second-order valence-electron chi connectivity index (χ2n) is 5.65. The first-order chi connectivity index (χ1) is 9.16. The van der Waals surface area contributed by atoms with Crippen molar-refractivity contribution in [3.63, 3.8) is 0 Å². The highest BCUT2D eigenvalue weighted by Crippen LogP contribution is 2.39. The number of amides is 1. The summed E-state index contributed by atoms with van der Waals surface area (Å²) in [6.45, 7) is 2.84. The maximum Gasteiger partial charge on any atom is 0.226 e. The molecule has 2 unspecified atom stereocenters. The number of hydrogen-bond acceptors (Lipinski definition) is 1. The van der Waals surface area contributed by atoms with E-state index in [9.17, 15) is 4.79 Å². The van der Waals surface area contributed by atoms with Gasteiger partial charge in [0, 0.05) is 19.5 Å². The van der Waals surface area contributed by atoms with Gasteiger partial charge in [0.15, 0.2) is 0 Å². The number of fused-ring (bicyclic) bond motifs is 1. The summed E-state index contributed by atoms with van der Waals surface area (Å²) in [7, 11) is 1.91. The Labute approximate surface area is 114 Å². The van der Waals surface area contributed by atoms with Crippen LogP contribution in [0.4, 0.5) is 0 Å². The van der Waals surface area contributed by atoms with E-state index in [0.717, 1.165) is 6.42 Å². The zero-order valence-electron chi connectivity index (χ0n) is 11.5. The second kappa shape index (κ2) is 4.69. The quantitative estimate of drug-likeness (QED) is 0.820. The molecule has 2 aromatic carbocycles. The maximum absolute atomic E-state index is 12.2. The molecule has 2 heteroatoms. The van der Waals surface area contributed by atoms with E-state index in [2.05, 4.69) is 43.3 Å². The molecule has 1 saturated carbocycles. The lowest BCUT2D eigenvalue weighted by atomic mass is 10.0. The first-order valence-corrected chi connectivity index (χ1v) is 6.88. The highest BCUT2D eigenvalue weighted by atomic mass is 16.2. The predicted molar refractivity (Wildman–Crippen MR) is 77.7 cm³/mol. The summed E-state index contributed by atoms with van der Waals surface area (Å²) in [5.74, 6) is 1.13. The van der Waals surface area contributed by atoms with Gasteiger partial charge in [-0.05, 0) is 28.7 Å². The van der Waals surface area contributed by atoms with Gasteiger partial charge in [-0.2, -0.15) is 0 Å². The zero-order valence-corrected chi connectivity index (χ0v) is 11.5. The standard InChI is InChI=1S/C17H19NO/c1-12-10-16(12)17(19)18(2)11-14-8-5-7-13-6-3-4-9-15(13)14/h3-9,12,16H,10-11H2,1-2H3. The molecule has 1 amide bonds. The van der Waals surface area contributed by atoms with Gasteiger partial charge in [0.1, 0.15) is 0 Å². The SMILES string of the molecule is CC1CC1C(=O)N(C)Cc1cccc2ccccc12. The van der Waals surface area contributed by atoms with Gasteiger partial charge in [0.2, 0.25) is 5.91 Å². The van der Waals surface area contributed by atoms with E-state index in [1.54, 1.807) is 0 Å². The number of hydrogen-bond donors (Lipinski definition) is 0. The van der Waals surface area contributed by atoms with Gasteiger partial charge in [-0.25, -0.2) is 0 Å². The lowest BCUT2D eigenvalue weighted by Crippen LogP contribution is -2.28. The van der Waals surface area contributed by atoms with Crippen molar-refractivity contribution in [1.29, 1.82) is 0 Å². The highest BCUT2D eigenvalue weighted by molar-refractivity contribution is 5.86. The molecular weight excluding hydrogens is 234 g/mol. The largest absolute Gasteiger partial charge is 0.341 e. The molecule has 2 nitrogen and oxygen atoms in total. The van der Waals surface area contributed by atoms with Crippen molar-refractivity contribution in [1.82, 2.24) is 4.90 Å². The maximum atomic E-state index is 12.2. The molecule has 2 aromatic rings. The Hall–Kier alpha value is -1.83. The van der Waals surface area contributed by atoms with Gasteiger partial charge in [-0.15, -0.1) is 0 Å². The average molecular weight is 253 g/mol. The van der Waals surface area contributed by atoms with Gasteiger partial charge in [-0.1, -0.05) is 49.4 Å². The van der Waals surface area contributed by atoms with E-state index in [0.29, 0.717) is 18.4 Å². The lowest BCUT2D eigenvalue weighted by Gasteiger charge is -2.18. The molecule has 2 atom stereocenters. The molecular formula is C17H19NO. The fourth-order valence-electron chi connectivity index (χ4n) is 2.71. The third-order valence-electron chi connectivity index (χ3n) is 4.09. The van der Waals surface area contributed by atoms with Crippen LogP contribution in [-0.4, -0.2) is 17.9 Å². The number of carbonyl (C=O) groups excluding carboxylic acids is 1. The van der Waals surface area contributed by atoms with Crippen molar-refractivity contribution in [2.45, 2.75) is 19.9 Å². The van der Waals surface area contributed by atoms with Crippen LogP contribution in [0.2, 0.25) is 0 Å². The lowest BCUT2D eigenvalue weighted by molar-refractivity contribution is -0.132. The molecule has 0 saturated heterocycles. The van der Waals surface area contributed by atoms with Crippen LogP contribution in [0.5, 0.6) is 0 Å². The molecule has 0 heterocycles. The molecule has 3 rings (SSSR count). The number of carbonyl (C=O) groups is 1. The van der Waals surface area contributed by atoms with Crippen LogP contribution in [0.15, 0.2) is 42.5 Å². The minimum absolute atomic E-state index is 0.264. The summed E-state index contributed by atoms with van der Waals surface area (Å²) in [5.41, 5.74) is 1.22. The van der Waals surface area contributed by atoms with Crippen molar-refractivity contribution in [3.8, 4) is 0 Å². The van der Waals surface area contributed by atoms with E-state index >= 15 is 0 Å². The second-order valence-corrected chi connectivity index (χ2v) is 5.65. The Morgan fingerprint density at radius 2 is 1.89 bits per heavy atom. The van der Waals surface area contributed by atoms with Crippen molar-refractivity contribution in [3.05, 3.63) is 48.0 Å². The molecule has 0 radical (unpaired) electrons. The van der Waals surface area contributed by atoms with Crippen LogP contribution in [0.3, 0.4) is 0 Å². The van der Waals surface area contributed by atoms with Gasteiger partial charge in [0.25, 0.3) is 0 Å². The summed E-state index contributed by atoms with van der Waals surface area (Å²) in [6, 6.07) is 14.6. The summed E-state index contributed by atoms with van der Waals surface area (Å²) >= 11 is 0. The van der Waals surface area contributed by atoms with Crippen LogP contribution in [-0.2, 0) is 11.3 Å². The first-order valence-electron chi connectivity index (χ1n) is 6.88. The Kier molecular flexibility index (Phi) is 3.02. The third kappa shape index (κ3) is 2.35. The van der Waals surface area contributed by atoms with E-state index in [-0.39, 0.29) is 5.92 Å². The van der Waals surface area contributed by atoms with Crippen molar-refractivity contribution >= 4 is 16.7 Å². The van der Waals surface area contributed by atoms with Gasteiger partial charge in [0.05, 0.1) is 0 Å². The Balaban J connectivity index is 1.83. The van der Waals surface area contributed by atoms with Crippen LogP contribution >= 0.6 is 0 Å². The summed E-state index contributed by atoms with van der Waals surface area (Å²) in [6.07, 6.45) is 1.05. The Morgan fingerprint density at radius 3 is 2.63 bits per heavy atom. The molecule has 1 aliphatic rings. The zero-order chi connectivity index (χ0) is 13.4. The van der Waals surface area contributed by atoms with Crippen LogP contribution in [0, 0.1) is 11.8 Å². The fourth-order valence-corrected chi connectivity index (χ4v) is 2.71. The molecule has 0 bridgehead atoms. The smallest absolute Gasteiger partial charge is 0.226 e. The molecule has 0 aliphatic heterocycles. The van der Waals surface area contributed by atoms with Gasteiger partial charge in [-0.3, -0.25) is 4.79 Å². The fraction of sp³-hybridized carbons (Fsp3) is 0.353. The summed E-state index contributed by atoms with van der Waals surface area (Å²) < 4.78 is 0. The Morgan fingerprint density at radius 1 is 1.21 bits per heavy atom. The monoisotopic (exact) mass is 253 g/mol. The minimum Gasteiger partial charge on any atom is -0.341 e. The van der Waals surface area contributed by atoms with E-state index in [4.69, 9.17) is 0 Å². The summed E-state index contributed by atoms with van der Waals surface area (Å²) in [4.78, 5) is 14.1. The number of rotatable bonds is 3. The van der Waals surface area contributed by atoms with E-state index in [1.807, 2.05) is 18.0 Å². The molecule has 0 spiro atoms. The van der Waals surface area contributed by atoms with Crippen LogP contribution < -0.4 is 0 Å². The first kappa shape index (κ1) is 12.2. The molecule has 19 heavy (non-hydrogen) atoms. The normalized spacial score (nSPS) is 21.4. The molecule has 98 valence electrons. The Bertz CT molecular complexity index is 614.